The molecule has 2 rings (SSSR count). The number of nitro groups is 1. The lowest BCUT2D eigenvalue weighted by atomic mass is 10.2. The van der Waals surface area contributed by atoms with E-state index in [0.717, 1.165) is 0 Å². The average molecular weight is 334 g/mol. The molecule has 0 saturated heterocycles. The standard InChI is InChI=1S/C15H12ClN3O4/c16-13-4-2-1-3-10(13)9-17-14(20)15(21)18-11-5-7-12(8-6-11)19(22)23/h1-8H,9H2,(H,17,20)(H,18,21). The van der Waals surface area contributed by atoms with Crippen LogP contribution in [0.5, 0.6) is 0 Å². The lowest BCUT2D eigenvalue weighted by molar-refractivity contribution is -0.384. The molecule has 0 unspecified atom stereocenters. The molecule has 0 aliphatic rings. The number of non-ortho nitro benzene ring substituents is 1. The first kappa shape index (κ1) is 16.4. The lowest BCUT2D eigenvalue weighted by Crippen LogP contribution is -2.35. The Balaban J connectivity index is 1.91. The highest BCUT2D eigenvalue weighted by Gasteiger charge is 2.14. The van der Waals surface area contributed by atoms with Crippen LogP contribution in [-0.4, -0.2) is 16.7 Å². The molecule has 2 aromatic rings. The van der Waals surface area contributed by atoms with Gasteiger partial charge in [-0.05, 0) is 23.8 Å². The van der Waals surface area contributed by atoms with Crippen LogP contribution in [0.15, 0.2) is 48.5 Å². The van der Waals surface area contributed by atoms with Crippen molar-refractivity contribution in [3.63, 3.8) is 0 Å². The molecule has 0 aliphatic carbocycles. The summed E-state index contributed by atoms with van der Waals surface area (Å²) in [6, 6.07) is 12.1. The molecule has 0 aromatic heterocycles. The van der Waals surface area contributed by atoms with Gasteiger partial charge in [-0.25, -0.2) is 0 Å². The minimum absolute atomic E-state index is 0.105. The topological polar surface area (TPSA) is 101 Å². The lowest BCUT2D eigenvalue weighted by Gasteiger charge is -2.07. The van der Waals surface area contributed by atoms with Gasteiger partial charge in [-0.2, -0.15) is 0 Å². The number of benzene rings is 2. The number of carbonyl (C=O) groups excluding carboxylic acids is 2. The Kier molecular flexibility index (Phi) is 5.27. The first-order valence-corrected chi connectivity index (χ1v) is 6.92. The maximum atomic E-state index is 11.7. The van der Waals surface area contributed by atoms with Gasteiger partial charge in [-0.3, -0.25) is 19.7 Å². The second-order valence-electron chi connectivity index (χ2n) is 4.53. The summed E-state index contributed by atoms with van der Waals surface area (Å²) in [6.07, 6.45) is 0. The zero-order valence-electron chi connectivity index (χ0n) is 11.8. The Labute approximate surface area is 136 Å². The number of hydrogen-bond acceptors (Lipinski definition) is 4. The molecule has 8 heteroatoms. The van der Waals surface area contributed by atoms with Crippen molar-refractivity contribution in [2.75, 3.05) is 5.32 Å². The molecule has 2 N–H and O–H groups in total. The third-order valence-electron chi connectivity index (χ3n) is 2.94. The number of nitrogens with one attached hydrogen (secondary N) is 2. The summed E-state index contributed by atoms with van der Waals surface area (Å²) < 4.78 is 0. The average Bonchev–Trinajstić information content (AvgIpc) is 2.54. The smallest absolute Gasteiger partial charge is 0.313 e. The molecular formula is C15H12ClN3O4. The Hall–Kier alpha value is -2.93. The predicted molar refractivity (Wildman–Crippen MR) is 85.0 cm³/mol. The molecule has 23 heavy (non-hydrogen) atoms. The van der Waals surface area contributed by atoms with Gasteiger partial charge in [-0.1, -0.05) is 29.8 Å². The molecular weight excluding hydrogens is 322 g/mol. The van der Waals surface area contributed by atoms with E-state index in [1.807, 2.05) is 0 Å². The van der Waals surface area contributed by atoms with Crippen molar-refractivity contribution in [1.29, 1.82) is 0 Å². The summed E-state index contributed by atoms with van der Waals surface area (Å²) in [5, 5.41) is 15.8. The van der Waals surface area contributed by atoms with E-state index < -0.39 is 16.7 Å². The summed E-state index contributed by atoms with van der Waals surface area (Å²) in [5.74, 6) is -1.70. The van der Waals surface area contributed by atoms with Crippen LogP contribution in [0, 0.1) is 10.1 Å². The number of halogens is 1. The normalized spacial score (nSPS) is 9.96. The van der Waals surface area contributed by atoms with Gasteiger partial charge in [0.1, 0.15) is 0 Å². The fourth-order valence-electron chi connectivity index (χ4n) is 1.75. The van der Waals surface area contributed by atoms with Gasteiger partial charge in [0.25, 0.3) is 5.69 Å². The van der Waals surface area contributed by atoms with Crippen LogP contribution in [0.3, 0.4) is 0 Å². The van der Waals surface area contributed by atoms with Gasteiger partial charge in [0.15, 0.2) is 0 Å². The number of hydrogen-bond donors (Lipinski definition) is 2. The van der Waals surface area contributed by atoms with Crippen LogP contribution in [0.2, 0.25) is 5.02 Å². The van der Waals surface area contributed by atoms with Gasteiger partial charge in [0, 0.05) is 29.4 Å². The second kappa shape index (κ2) is 7.37. The third-order valence-corrected chi connectivity index (χ3v) is 3.31. The maximum absolute atomic E-state index is 11.7. The van der Waals surface area contributed by atoms with Gasteiger partial charge in [-0.15, -0.1) is 0 Å². The highest BCUT2D eigenvalue weighted by molar-refractivity contribution is 6.39. The van der Waals surface area contributed by atoms with Crippen LogP contribution in [-0.2, 0) is 16.1 Å². The molecule has 0 bridgehead atoms. The van der Waals surface area contributed by atoms with Crippen LogP contribution in [0.4, 0.5) is 11.4 Å². The molecule has 7 nitrogen and oxygen atoms in total. The fraction of sp³-hybridized carbons (Fsp3) is 0.0667. The summed E-state index contributed by atoms with van der Waals surface area (Å²) in [7, 11) is 0. The van der Waals surface area contributed by atoms with Crippen molar-refractivity contribution in [2.45, 2.75) is 6.54 Å². The van der Waals surface area contributed by atoms with Crippen molar-refractivity contribution in [2.24, 2.45) is 0 Å². The molecule has 118 valence electrons. The molecule has 0 fully saturated rings. The molecule has 0 aliphatic heterocycles. The molecule has 0 spiro atoms. The second-order valence-corrected chi connectivity index (χ2v) is 4.94. The summed E-state index contributed by atoms with van der Waals surface area (Å²) in [6.45, 7) is 0.117. The molecule has 0 heterocycles. The van der Waals surface area contributed by atoms with Crippen molar-refractivity contribution in [1.82, 2.24) is 5.32 Å². The molecule has 0 atom stereocenters. The van der Waals surface area contributed by atoms with Gasteiger partial charge < -0.3 is 10.6 Å². The number of rotatable bonds is 4. The van der Waals surface area contributed by atoms with E-state index in [4.69, 9.17) is 11.6 Å². The number of nitro benzene ring substituents is 1. The zero-order valence-corrected chi connectivity index (χ0v) is 12.5. The monoisotopic (exact) mass is 333 g/mol. The van der Waals surface area contributed by atoms with E-state index in [-0.39, 0.29) is 17.9 Å². The fourth-order valence-corrected chi connectivity index (χ4v) is 1.95. The first-order valence-electron chi connectivity index (χ1n) is 6.54. The Morgan fingerprint density at radius 2 is 1.70 bits per heavy atom. The summed E-state index contributed by atoms with van der Waals surface area (Å²) >= 11 is 5.95. The van der Waals surface area contributed by atoms with Crippen molar-refractivity contribution in [3.05, 3.63) is 69.2 Å². The predicted octanol–water partition coefficient (Wildman–Crippen LogP) is 2.50. The number of anilines is 1. The minimum Gasteiger partial charge on any atom is -0.344 e. The third kappa shape index (κ3) is 4.52. The van der Waals surface area contributed by atoms with Crippen LogP contribution >= 0.6 is 11.6 Å². The van der Waals surface area contributed by atoms with E-state index in [1.165, 1.54) is 24.3 Å². The van der Waals surface area contributed by atoms with Gasteiger partial charge in [0.2, 0.25) is 0 Å². The van der Waals surface area contributed by atoms with E-state index in [1.54, 1.807) is 24.3 Å². The molecule has 0 radical (unpaired) electrons. The number of amides is 2. The van der Waals surface area contributed by atoms with Gasteiger partial charge in [0.05, 0.1) is 4.92 Å². The SMILES string of the molecule is O=C(NCc1ccccc1Cl)C(=O)Nc1ccc([N+](=O)[O-])cc1. The van der Waals surface area contributed by atoms with E-state index in [9.17, 15) is 19.7 Å². The number of nitrogens with zero attached hydrogens (tertiary/aromatic N) is 1. The quantitative estimate of drug-likeness (QED) is 0.510. The summed E-state index contributed by atoms with van der Waals surface area (Å²) in [5.41, 5.74) is 0.866. The zero-order chi connectivity index (χ0) is 16.8. The van der Waals surface area contributed by atoms with E-state index in [0.29, 0.717) is 10.6 Å². The minimum atomic E-state index is -0.870. The summed E-state index contributed by atoms with van der Waals surface area (Å²) in [4.78, 5) is 33.5. The number of carbonyl (C=O) groups is 2. The molecule has 0 saturated carbocycles. The highest BCUT2D eigenvalue weighted by Crippen LogP contribution is 2.16. The largest absolute Gasteiger partial charge is 0.344 e. The molecule has 2 aromatic carbocycles. The molecule has 2 amide bonds. The Morgan fingerprint density at radius 1 is 1.04 bits per heavy atom. The van der Waals surface area contributed by atoms with Crippen LogP contribution < -0.4 is 10.6 Å². The van der Waals surface area contributed by atoms with Gasteiger partial charge >= 0.3 is 11.8 Å². The van der Waals surface area contributed by atoms with E-state index in [2.05, 4.69) is 10.6 Å². The van der Waals surface area contributed by atoms with E-state index >= 15 is 0 Å². The van der Waals surface area contributed by atoms with Crippen molar-refractivity contribution in [3.8, 4) is 0 Å². The first-order chi connectivity index (χ1) is 11.0. The Bertz CT molecular complexity index is 747. The maximum Gasteiger partial charge on any atom is 0.313 e. The van der Waals surface area contributed by atoms with Crippen molar-refractivity contribution >= 4 is 34.8 Å². The van der Waals surface area contributed by atoms with Crippen molar-refractivity contribution < 1.29 is 14.5 Å². The van der Waals surface area contributed by atoms with Crippen LogP contribution in [0.25, 0.3) is 0 Å². The van der Waals surface area contributed by atoms with Crippen LogP contribution in [0.1, 0.15) is 5.56 Å². The Morgan fingerprint density at radius 3 is 2.30 bits per heavy atom. The highest BCUT2D eigenvalue weighted by atomic mass is 35.5.